The largest absolute Gasteiger partial charge is 0.446 e. The second kappa shape index (κ2) is 6.10. The van der Waals surface area contributed by atoms with Crippen LogP contribution in [0.4, 0.5) is 18.9 Å². The lowest BCUT2D eigenvalue weighted by Gasteiger charge is -2.18. The van der Waals surface area contributed by atoms with Gasteiger partial charge in [0.2, 0.25) is 0 Å². The minimum atomic E-state index is -4.28. The Kier molecular flexibility index (Phi) is 4.65. The predicted molar refractivity (Wildman–Crippen MR) is 79.4 cm³/mol. The molecule has 6 heteroatoms. The van der Waals surface area contributed by atoms with Crippen LogP contribution in [0.1, 0.15) is 23.4 Å². The summed E-state index contributed by atoms with van der Waals surface area (Å²) in [5, 5.41) is 5.15. The number of thiophene rings is 1. The first kappa shape index (κ1) is 15.3. The Morgan fingerprint density at radius 1 is 1.20 bits per heavy atom. The van der Waals surface area contributed by atoms with Crippen molar-refractivity contribution in [1.29, 1.82) is 0 Å². The van der Waals surface area contributed by atoms with E-state index in [9.17, 15) is 13.2 Å². The van der Waals surface area contributed by atoms with Gasteiger partial charge in [0.1, 0.15) is 0 Å². The molecule has 0 aliphatic rings. The second-order valence-electron chi connectivity index (χ2n) is 4.38. The second-order valence-corrected chi connectivity index (χ2v) is 6.43. The number of thioether (sulfide) groups is 1. The number of rotatable bonds is 4. The Morgan fingerprint density at radius 3 is 2.50 bits per heavy atom. The lowest BCUT2D eigenvalue weighted by molar-refractivity contribution is -0.0327. The van der Waals surface area contributed by atoms with E-state index in [2.05, 4.69) is 5.32 Å². The molecule has 0 bridgehead atoms. The zero-order chi connectivity index (χ0) is 14.8. The first-order valence-corrected chi connectivity index (χ1v) is 7.72. The molecule has 2 aromatic rings. The van der Waals surface area contributed by atoms with Crippen LogP contribution in [0.15, 0.2) is 40.6 Å². The molecule has 0 spiro atoms. The number of nitrogens with one attached hydrogen (secondary N) is 1. The molecule has 108 valence electrons. The first-order valence-electron chi connectivity index (χ1n) is 6.02. The summed E-state index contributed by atoms with van der Waals surface area (Å²) >= 11 is 1.52. The summed E-state index contributed by atoms with van der Waals surface area (Å²) in [4.78, 5) is 1.33. The van der Waals surface area contributed by atoms with Crippen LogP contribution in [-0.4, -0.2) is 5.51 Å². The van der Waals surface area contributed by atoms with Gasteiger partial charge in [-0.3, -0.25) is 0 Å². The van der Waals surface area contributed by atoms with Crippen LogP contribution < -0.4 is 5.32 Å². The molecule has 0 radical (unpaired) electrons. The highest BCUT2D eigenvalue weighted by Crippen LogP contribution is 2.41. The van der Waals surface area contributed by atoms with E-state index in [0.717, 1.165) is 10.4 Å². The van der Waals surface area contributed by atoms with Crippen LogP contribution in [0.2, 0.25) is 0 Å². The van der Waals surface area contributed by atoms with Crippen molar-refractivity contribution in [1.82, 2.24) is 0 Å². The fraction of sp³-hybridized carbons (Fsp3) is 0.286. The average molecular weight is 317 g/mol. The summed E-state index contributed by atoms with van der Waals surface area (Å²) in [7, 11) is 0. The molecular formula is C14H14F3NS2. The monoisotopic (exact) mass is 317 g/mol. The highest BCUT2D eigenvalue weighted by Gasteiger charge is 2.30. The van der Waals surface area contributed by atoms with Gasteiger partial charge in [-0.05, 0) is 54.8 Å². The van der Waals surface area contributed by atoms with Gasteiger partial charge in [-0.1, -0.05) is 12.1 Å². The molecule has 1 heterocycles. The lowest BCUT2D eigenvalue weighted by atomic mass is 10.2. The third-order valence-electron chi connectivity index (χ3n) is 2.78. The van der Waals surface area contributed by atoms with Gasteiger partial charge in [0, 0.05) is 15.5 Å². The molecular weight excluding hydrogens is 303 g/mol. The molecule has 0 amide bonds. The lowest BCUT2D eigenvalue weighted by Crippen LogP contribution is -2.08. The quantitative estimate of drug-likeness (QED) is 0.711. The van der Waals surface area contributed by atoms with Gasteiger partial charge in [0.05, 0.1) is 6.04 Å². The van der Waals surface area contributed by atoms with E-state index in [1.54, 1.807) is 29.5 Å². The minimum Gasteiger partial charge on any atom is -0.377 e. The number of para-hydroxylation sites is 1. The molecule has 1 nitrogen and oxygen atoms in total. The van der Waals surface area contributed by atoms with Crippen LogP contribution in [0.3, 0.4) is 0 Å². The predicted octanol–water partition coefficient (Wildman–Crippen LogP) is 5.84. The number of halogens is 3. The van der Waals surface area contributed by atoms with Crippen molar-refractivity contribution in [3.63, 3.8) is 0 Å². The highest BCUT2D eigenvalue weighted by molar-refractivity contribution is 8.00. The van der Waals surface area contributed by atoms with Gasteiger partial charge in [-0.15, -0.1) is 11.3 Å². The van der Waals surface area contributed by atoms with Crippen molar-refractivity contribution in [2.24, 2.45) is 0 Å². The minimum absolute atomic E-state index is 0.0232. The molecule has 1 unspecified atom stereocenters. The number of hydrogen-bond donors (Lipinski definition) is 1. The van der Waals surface area contributed by atoms with E-state index in [-0.39, 0.29) is 22.7 Å². The zero-order valence-corrected chi connectivity index (χ0v) is 12.6. The first-order chi connectivity index (χ1) is 9.37. The Balaban J connectivity index is 2.19. The van der Waals surface area contributed by atoms with Crippen LogP contribution in [0, 0.1) is 6.92 Å². The third-order valence-corrected chi connectivity index (χ3v) is 4.79. The van der Waals surface area contributed by atoms with E-state index >= 15 is 0 Å². The van der Waals surface area contributed by atoms with E-state index in [0.29, 0.717) is 5.69 Å². The average Bonchev–Trinajstić information content (AvgIpc) is 2.76. The Hall–Kier alpha value is -1.14. The van der Waals surface area contributed by atoms with E-state index in [1.807, 2.05) is 25.3 Å². The summed E-state index contributed by atoms with van der Waals surface area (Å²) in [6.45, 7) is 3.95. The number of hydrogen-bond acceptors (Lipinski definition) is 3. The Bertz CT molecular complexity index is 578. The van der Waals surface area contributed by atoms with Crippen molar-refractivity contribution in [3.05, 3.63) is 46.2 Å². The number of benzene rings is 1. The SMILES string of the molecule is Cc1ccsc1C(C)Nc1ccccc1SC(F)(F)F. The van der Waals surface area contributed by atoms with E-state index < -0.39 is 5.51 Å². The van der Waals surface area contributed by atoms with Gasteiger partial charge in [0.25, 0.3) is 0 Å². The van der Waals surface area contributed by atoms with Crippen LogP contribution >= 0.6 is 23.1 Å². The van der Waals surface area contributed by atoms with Crippen molar-refractivity contribution in [2.75, 3.05) is 5.32 Å². The van der Waals surface area contributed by atoms with Crippen LogP contribution in [-0.2, 0) is 0 Å². The molecule has 2 rings (SSSR count). The smallest absolute Gasteiger partial charge is 0.377 e. The highest BCUT2D eigenvalue weighted by atomic mass is 32.2. The van der Waals surface area contributed by atoms with Gasteiger partial charge in [-0.2, -0.15) is 13.2 Å². The van der Waals surface area contributed by atoms with Gasteiger partial charge in [-0.25, -0.2) is 0 Å². The third kappa shape index (κ3) is 3.93. The maximum atomic E-state index is 12.5. The number of aryl methyl sites for hydroxylation is 1. The summed E-state index contributed by atoms with van der Waals surface area (Å²) in [5.74, 6) is 0. The van der Waals surface area contributed by atoms with Gasteiger partial charge in [0.15, 0.2) is 0 Å². The molecule has 1 aromatic heterocycles. The topological polar surface area (TPSA) is 12.0 Å². The fourth-order valence-corrected chi connectivity index (χ4v) is 3.50. The molecule has 0 fully saturated rings. The Morgan fingerprint density at radius 2 is 1.90 bits per heavy atom. The van der Waals surface area contributed by atoms with Crippen LogP contribution in [0.25, 0.3) is 0 Å². The van der Waals surface area contributed by atoms with Gasteiger partial charge < -0.3 is 5.32 Å². The van der Waals surface area contributed by atoms with Gasteiger partial charge >= 0.3 is 5.51 Å². The van der Waals surface area contributed by atoms with Crippen molar-refractivity contribution >= 4 is 28.8 Å². The molecule has 1 aromatic carbocycles. The molecule has 1 atom stereocenters. The Labute approximate surface area is 124 Å². The van der Waals surface area contributed by atoms with Crippen molar-refractivity contribution < 1.29 is 13.2 Å². The van der Waals surface area contributed by atoms with E-state index in [4.69, 9.17) is 0 Å². The molecule has 20 heavy (non-hydrogen) atoms. The summed E-state index contributed by atoms with van der Waals surface area (Å²) in [5.41, 5.74) is -2.62. The molecule has 0 aliphatic carbocycles. The zero-order valence-electron chi connectivity index (χ0n) is 11.0. The summed E-state index contributed by atoms with van der Waals surface area (Å²) < 4.78 is 37.6. The molecule has 0 saturated heterocycles. The normalized spacial score (nSPS) is 13.2. The fourth-order valence-electron chi connectivity index (χ4n) is 1.93. The number of alkyl halides is 3. The van der Waals surface area contributed by atoms with Crippen molar-refractivity contribution in [3.8, 4) is 0 Å². The molecule has 0 saturated carbocycles. The maximum absolute atomic E-state index is 12.5. The molecule has 1 N–H and O–H groups in total. The summed E-state index contributed by atoms with van der Waals surface area (Å²) in [6.07, 6.45) is 0. The number of anilines is 1. The van der Waals surface area contributed by atoms with E-state index in [1.165, 1.54) is 6.07 Å². The summed E-state index contributed by atoms with van der Waals surface area (Å²) in [6, 6.07) is 8.48. The standard InChI is InChI=1S/C14H14F3NS2/c1-9-7-8-19-13(9)10(2)18-11-5-3-4-6-12(11)20-14(15,16)17/h3-8,10,18H,1-2H3. The maximum Gasteiger partial charge on any atom is 0.446 e. The van der Waals surface area contributed by atoms with Crippen LogP contribution in [0.5, 0.6) is 0 Å². The molecule has 0 aliphatic heterocycles. The van der Waals surface area contributed by atoms with Crippen molar-refractivity contribution in [2.45, 2.75) is 30.3 Å².